The fourth-order valence-electron chi connectivity index (χ4n) is 3.58. The number of benzene rings is 3. The monoisotopic (exact) mass is 542 g/mol. The molecule has 0 bridgehead atoms. The fraction of sp³-hybridized carbons (Fsp3) is 0.0417. The van der Waals surface area contributed by atoms with Gasteiger partial charge in [-0.15, -0.1) is 5.11 Å². The number of phenolic OH excluding ortho intramolecular Hbond substituents is 1. The maximum atomic E-state index is 13.2. The first kappa shape index (κ1) is 28.8. The Balaban J connectivity index is 0.00000400. The van der Waals surface area contributed by atoms with Crippen molar-refractivity contribution >= 4 is 40.2 Å². The van der Waals surface area contributed by atoms with Gasteiger partial charge < -0.3 is 20.6 Å². The SMILES string of the molecule is Cc1c(C#N)c(O)n(-c2ccc(C(=O)O)cc2)c(=O)c1N=Nc1ccc2cc(SOO[O-])cc(O)c2c1.[Na+]. The minimum atomic E-state index is -1.17. The van der Waals surface area contributed by atoms with E-state index < -0.39 is 17.4 Å². The van der Waals surface area contributed by atoms with Crippen molar-refractivity contribution in [1.29, 1.82) is 5.26 Å². The van der Waals surface area contributed by atoms with Gasteiger partial charge in [0.1, 0.15) is 17.4 Å². The second-order valence-electron chi connectivity index (χ2n) is 7.54. The summed E-state index contributed by atoms with van der Waals surface area (Å²) >= 11 is 0.621. The number of aromatic hydroxyl groups is 2. The van der Waals surface area contributed by atoms with Crippen molar-refractivity contribution in [3.8, 4) is 23.4 Å². The number of aromatic nitrogens is 1. The van der Waals surface area contributed by atoms with Crippen molar-refractivity contribution in [3.05, 3.63) is 81.6 Å². The number of phenols is 1. The van der Waals surface area contributed by atoms with Crippen LogP contribution in [0.3, 0.4) is 0 Å². The molecule has 0 fully saturated rings. The molecule has 0 amide bonds. The van der Waals surface area contributed by atoms with Crippen molar-refractivity contribution in [2.75, 3.05) is 0 Å². The van der Waals surface area contributed by atoms with E-state index in [4.69, 9.17) is 5.11 Å². The van der Waals surface area contributed by atoms with E-state index in [0.717, 1.165) is 4.57 Å². The van der Waals surface area contributed by atoms with E-state index in [9.17, 15) is 30.3 Å². The smallest absolute Gasteiger partial charge is 0.691 e. The summed E-state index contributed by atoms with van der Waals surface area (Å²) in [5.41, 5.74) is -0.755. The molecule has 0 saturated carbocycles. The topological polar surface area (TPSA) is 190 Å². The van der Waals surface area contributed by atoms with Crippen LogP contribution in [0, 0.1) is 18.3 Å². The zero-order valence-corrected chi connectivity index (χ0v) is 22.6. The van der Waals surface area contributed by atoms with Gasteiger partial charge in [-0.25, -0.2) is 9.36 Å². The Morgan fingerprint density at radius 1 is 1.11 bits per heavy atom. The molecule has 0 spiro atoms. The van der Waals surface area contributed by atoms with E-state index >= 15 is 0 Å². The van der Waals surface area contributed by atoms with Crippen LogP contribution in [0.15, 0.2) is 74.5 Å². The maximum Gasteiger partial charge on any atom is 1.00 e. The largest absolute Gasteiger partial charge is 1.00 e. The number of aromatic carboxylic acids is 1. The number of carboxylic acid groups (broad SMARTS) is 1. The van der Waals surface area contributed by atoms with Crippen LogP contribution in [-0.2, 0) is 9.37 Å². The summed E-state index contributed by atoms with van der Waals surface area (Å²) in [6.07, 6.45) is 0. The Hall–Kier alpha value is -3.74. The predicted molar refractivity (Wildman–Crippen MR) is 128 cm³/mol. The van der Waals surface area contributed by atoms with E-state index in [2.05, 4.69) is 19.6 Å². The summed E-state index contributed by atoms with van der Waals surface area (Å²) in [6.45, 7) is 1.44. The van der Waals surface area contributed by atoms with Crippen molar-refractivity contribution in [2.24, 2.45) is 10.2 Å². The van der Waals surface area contributed by atoms with Crippen LogP contribution in [0.25, 0.3) is 16.5 Å². The van der Waals surface area contributed by atoms with Gasteiger partial charge in [0.05, 0.1) is 29.0 Å². The average Bonchev–Trinajstić information content (AvgIpc) is 2.88. The van der Waals surface area contributed by atoms with E-state index in [-0.39, 0.29) is 69.1 Å². The third kappa shape index (κ3) is 5.72. The molecule has 14 heteroatoms. The Morgan fingerprint density at radius 2 is 1.82 bits per heavy atom. The van der Waals surface area contributed by atoms with Crippen LogP contribution in [0.1, 0.15) is 21.5 Å². The molecule has 0 unspecified atom stereocenters. The standard InChI is InChI=1S/C24H16N4O8S.Na/c1-12-19(11-25)22(30)28(16-6-3-13(4-7-16)24(32)33)23(31)21(12)27-26-15-5-2-14-8-17(37-36-35-34)10-20(29)18(14)9-15;/h2-10,29-30,34H,1H3,(H,32,33);/q;+1/p-1. The quantitative estimate of drug-likeness (QED) is 0.0996. The van der Waals surface area contributed by atoms with Crippen molar-refractivity contribution in [1.82, 2.24) is 4.57 Å². The molecule has 0 atom stereocenters. The number of carboxylic acids is 1. The first-order chi connectivity index (χ1) is 17.7. The third-order valence-corrected chi connectivity index (χ3v) is 5.92. The minimum absolute atomic E-state index is 0. The van der Waals surface area contributed by atoms with E-state index in [0.29, 0.717) is 27.7 Å². The summed E-state index contributed by atoms with van der Waals surface area (Å²) < 4.78 is 5.10. The maximum absolute atomic E-state index is 13.2. The van der Waals surface area contributed by atoms with Gasteiger partial charge in [-0.2, -0.15) is 14.7 Å². The molecule has 3 N–H and O–H groups in total. The Kier molecular flexibility index (Phi) is 9.26. The number of carbonyl (C=O) groups is 1. The van der Waals surface area contributed by atoms with Gasteiger partial charge in [0.15, 0.2) is 5.69 Å². The zero-order chi connectivity index (χ0) is 26.7. The van der Waals surface area contributed by atoms with Gasteiger partial charge in [-0.05, 0) is 60.8 Å². The van der Waals surface area contributed by atoms with Crippen LogP contribution in [-0.4, -0.2) is 25.9 Å². The molecule has 186 valence electrons. The van der Waals surface area contributed by atoms with Gasteiger partial charge in [0.25, 0.3) is 5.56 Å². The van der Waals surface area contributed by atoms with Crippen LogP contribution in [0.2, 0.25) is 0 Å². The number of hydrogen-bond donors (Lipinski definition) is 3. The molecule has 0 radical (unpaired) electrons. The summed E-state index contributed by atoms with van der Waals surface area (Å²) in [5.74, 6) is -1.92. The van der Waals surface area contributed by atoms with Gasteiger partial charge in [-0.1, -0.05) is 6.07 Å². The first-order valence-electron chi connectivity index (χ1n) is 10.3. The molecule has 1 heterocycles. The fourth-order valence-corrected chi connectivity index (χ4v) is 4.02. The molecule has 4 aromatic rings. The number of nitriles is 1. The molecular formula is C24H15N4NaO8S. The predicted octanol–water partition coefficient (Wildman–Crippen LogP) is 0.930. The van der Waals surface area contributed by atoms with Gasteiger partial charge in [0.2, 0.25) is 5.88 Å². The second-order valence-corrected chi connectivity index (χ2v) is 8.32. The molecule has 0 aliphatic carbocycles. The molecule has 0 aliphatic heterocycles. The minimum Gasteiger partial charge on any atom is -0.691 e. The van der Waals surface area contributed by atoms with Crippen molar-refractivity contribution < 1.29 is 64.3 Å². The number of rotatable bonds is 7. The van der Waals surface area contributed by atoms with Gasteiger partial charge in [0, 0.05) is 15.8 Å². The van der Waals surface area contributed by atoms with Crippen LogP contribution in [0.4, 0.5) is 11.4 Å². The summed E-state index contributed by atoms with van der Waals surface area (Å²) in [5, 5.41) is 62.1. The first-order valence-corrected chi connectivity index (χ1v) is 11.0. The Bertz CT molecular complexity index is 1670. The Morgan fingerprint density at radius 3 is 2.45 bits per heavy atom. The molecule has 1 aromatic heterocycles. The van der Waals surface area contributed by atoms with Gasteiger partial charge in [-0.3, -0.25) is 9.83 Å². The summed E-state index contributed by atoms with van der Waals surface area (Å²) in [7, 11) is 0. The number of hydrogen-bond acceptors (Lipinski definition) is 11. The Labute approximate surface area is 240 Å². The normalized spacial score (nSPS) is 10.9. The number of pyridine rings is 1. The van der Waals surface area contributed by atoms with Crippen LogP contribution < -0.4 is 40.4 Å². The van der Waals surface area contributed by atoms with Crippen LogP contribution in [0.5, 0.6) is 11.6 Å². The average molecular weight is 542 g/mol. The summed E-state index contributed by atoms with van der Waals surface area (Å²) in [4.78, 5) is 24.8. The number of fused-ring (bicyclic) bond motifs is 1. The number of azo groups is 1. The molecule has 0 saturated heterocycles. The van der Waals surface area contributed by atoms with Gasteiger partial charge >= 0.3 is 35.5 Å². The molecular weight excluding hydrogens is 527 g/mol. The molecule has 0 aliphatic rings. The van der Waals surface area contributed by atoms with Crippen molar-refractivity contribution in [2.45, 2.75) is 11.8 Å². The number of nitrogens with zero attached hydrogens (tertiary/aromatic N) is 4. The molecule has 38 heavy (non-hydrogen) atoms. The van der Waals surface area contributed by atoms with E-state index in [1.807, 2.05) is 6.07 Å². The van der Waals surface area contributed by atoms with Crippen molar-refractivity contribution in [3.63, 3.8) is 0 Å². The van der Waals surface area contributed by atoms with E-state index in [1.165, 1.54) is 43.3 Å². The second kappa shape index (κ2) is 12.2. The molecule has 12 nitrogen and oxygen atoms in total. The summed E-state index contributed by atoms with van der Waals surface area (Å²) in [6, 6.07) is 14.7. The molecule has 3 aromatic carbocycles. The van der Waals surface area contributed by atoms with Crippen LogP contribution >= 0.6 is 12.0 Å². The molecule has 4 rings (SSSR count). The zero-order valence-electron chi connectivity index (χ0n) is 19.8. The van der Waals surface area contributed by atoms with E-state index in [1.54, 1.807) is 18.2 Å². The third-order valence-electron chi connectivity index (χ3n) is 5.37.